The highest BCUT2D eigenvalue weighted by Crippen LogP contribution is 2.32. The molecule has 0 N–H and O–H groups in total. The minimum atomic E-state index is -2.00. The van der Waals surface area contributed by atoms with Crippen LogP contribution in [0.2, 0.25) is 19.6 Å². The summed E-state index contributed by atoms with van der Waals surface area (Å²) in [5.41, 5.74) is 0. The molecule has 0 bridgehead atoms. The first-order valence-electron chi connectivity index (χ1n) is 4.86. The third-order valence-electron chi connectivity index (χ3n) is 1.51. The number of benzene rings is 1. The molecule has 0 aromatic heterocycles. The fourth-order valence-electron chi connectivity index (χ4n) is 0.972. The zero-order valence-corrected chi connectivity index (χ0v) is 11.3. The Labute approximate surface area is 99.6 Å². The van der Waals surface area contributed by atoms with Crippen molar-refractivity contribution in [3.8, 4) is 0 Å². The molecular weight excluding hydrogens is 246 g/mol. The van der Waals surface area contributed by atoms with Gasteiger partial charge in [-0.3, -0.25) is 0 Å². The zero-order valence-electron chi connectivity index (χ0n) is 9.46. The molecular formula is C11H14F2OSSi. The van der Waals surface area contributed by atoms with Crippen molar-refractivity contribution in [1.29, 1.82) is 0 Å². The van der Waals surface area contributed by atoms with Gasteiger partial charge in [-0.15, -0.1) is 0 Å². The zero-order chi connectivity index (χ0) is 12.2. The predicted octanol–water partition coefficient (Wildman–Crippen LogP) is 4.70. The second-order valence-electron chi connectivity index (χ2n) is 4.18. The lowest BCUT2D eigenvalue weighted by Gasteiger charge is -2.20. The SMILES string of the molecule is C[Si](C)(C)OC(Sc1ccccc1)=C(F)F. The van der Waals surface area contributed by atoms with Crippen LogP contribution in [0.5, 0.6) is 0 Å². The Morgan fingerprint density at radius 1 is 1.12 bits per heavy atom. The van der Waals surface area contributed by atoms with Crippen molar-refractivity contribution in [2.45, 2.75) is 24.5 Å². The Balaban J connectivity index is 2.79. The van der Waals surface area contributed by atoms with Gasteiger partial charge in [0.25, 0.3) is 0 Å². The van der Waals surface area contributed by atoms with Crippen LogP contribution in [-0.2, 0) is 4.43 Å². The van der Waals surface area contributed by atoms with E-state index in [2.05, 4.69) is 0 Å². The molecule has 1 aromatic carbocycles. The predicted molar refractivity (Wildman–Crippen MR) is 66.0 cm³/mol. The summed E-state index contributed by atoms with van der Waals surface area (Å²) in [6.45, 7) is 5.63. The third kappa shape index (κ3) is 4.81. The van der Waals surface area contributed by atoms with E-state index in [0.717, 1.165) is 16.7 Å². The van der Waals surface area contributed by atoms with E-state index in [1.54, 1.807) is 12.1 Å². The van der Waals surface area contributed by atoms with Crippen LogP contribution >= 0.6 is 11.8 Å². The molecule has 1 aromatic rings. The van der Waals surface area contributed by atoms with E-state index >= 15 is 0 Å². The maximum atomic E-state index is 12.7. The number of hydrogen-bond acceptors (Lipinski definition) is 2. The van der Waals surface area contributed by atoms with E-state index in [1.807, 2.05) is 37.8 Å². The average Bonchev–Trinajstić information content (AvgIpc) is 2.16. The van der Waals surface area contributed by atoms with E-state index in [9.17, 15) is 8.78 Å². The summed E-state index contributed by atoms with van der Waals surface area (Å²) in [5.74, 6) is 0. The van der Waals surface area contributed by atoms with Gasteiger partial charge in [-0.2, -0.15) is 8.78 Å². The summed E-state index contributed by atoms with van der Waals surface area (Å²) in [4.78, 5) is 0.753. The van der Waals surface area contributed by atoms with Crippen LogP contribution in [-0.4, -0.2) is 8.32 Å². The van der Waals surface area contributed by atoms with E-state index in [-0.39, 0.29) is 5.09 Å². The highest BCUT2D eigenvalue weighted by atomic mass is 32.2. The van der Waals surface area contributed by atoms with E-state index < -0.39 is 14.4 Å². The fourth-order valence-corrected chi connectivity index (χ4v) is 3.11. The summed E-state index contributed by atoms with van der Waals surface area (Å²) in [7, 11) is -2.00. The summed E-state index contributed by atoms with van der Waals surface area (Å²) >= 11 is 0.966. The Morgan fingerprint density at radius 2 is 1.69 bits per heavy atom. The van der Waals surface area contributed by atoms with Crippen molar-refractivity contribution in [2.75, 3.05) is 0 Å². The maximum absolute atomic E-state index is 12.7. The lowest BCUT2D eigenvalue weighted by Crippen LogP contribution is -2.24. The number of thioether (sulfide) groups is 1. The van der Waals surface area contributed by atoms with Gasteiger partial charge in [0.1, 0.15) is 0 Å². The van der Waals surface area contributed by atoms with Crippen molar-refractivity contribution >= 4 is 20.1 Å². The van der Waals surface area contributed by atoms with E-state index in [0.29, 0.717) is 0 Å². The van der Waals surface area contributed by atoms with E-state index in [4.69, 9.17) is 4.43 Å². The summed E-state index contributed by atoms with van der Waals surface area (Å²) in [6.07, 6.45) is -1.75. The molecule has 0 saturated heterocycles. The number of halogens is 2. The van der Waals surface area contributed by atoms with Gasteiger partial charge in [-0.05, 0) is 43.5 Å². The lowest BCUT2D eigenvalue weighted by molar-refractivity contribution is 0.353. The first-order valence-corrected chi connectivity index (χ1v) is 9.08. The Kier molecular flexibility index (Phi) is 4.55. The maximum Gasteiger partial charge on any atom is 0.317 e. The molecule has 0 atom stereocenters. The molecule has 0 amide bonds. The molecule has 0 radical (unpaired) electrons. The molecule has 16 heavy (non-hydrogen) atoms. The fraction of sp³-hybridized carbons (Fsp3) is 0.273. The van der Waals surface area contributed by atoms with Crippen LogP contribution in [0.4, 0.5) is 8.78 Å². The third-order valence-corrected chi connectivity index (χ3v) is 3.40. The Hall–Kier alpha value is -0.813. The largest absolute Gasteiger partial charge is 0.536 e. The van der Waals surface area contributed by atoms with Gasteiger partial charge in [0, 0.05) is 4.90 Å². The van der Waals surface area contributed by atoms with Crippen molar-refractivity contribution in [3.63, 3.8) is 0 Å². The first kappa shape index (κ1) is 13.3. The minimum Gasteiger partial charge on any atom is -0.536 e. The molecule has 0 aliphatic heterocycles. The van der Waals surface area contributed by atoms with Crippen LogP contribution in [0.3, 0.4) is 0 Å². The lowest BCUT2D eigenvalue weighted by atomic mass is 10.4. The van der Waals surface area contributed by atoms with Crippen LogP contribution in [0.1, 0.15) is 0 Å². The number of rotatable bonds is 4. The van der Waals surface area contributed by atoms with Gasteiger partial charge in [-0.1, -0.05) is 18.2 Å². The Morgan fingerprint density at radius 3 is 2.12 bits per heavy atom. The standard InChI is InChI=1S/C11H14F2OSSi/c1-16(2,3)14-11(10(12)13)15-9-7-5-4-6-8-9/h4-8H,1-3H3. The van der Waals surface area contributed by atoms with Crippen LogP contribution in [0.15, 0.2) is 46.4 Å². The number of hydrogen-bond donors (Lipinski definition) is 0. The average molecular weight is 260 g/mol. The molecule has 88 valence electrons. The van der Waals surface area contributed by atoms with Gasteiger partial charge in [0.15, 0.2) is 0 Å². The summed E-state index contributed by atoms with van der Waals surface area (Å²) in [5, 5.41) is -0.273. The smallest absolute Gasteiger partial charge is 0.317 e. The minimum absolute atomic E-state index is 0.273. The quantitative estimate of drug-likeness (QED) is 0.441. The topological polar surface area (TPSA) is 9.23 Å². The molecule has 0 aliphatic carbocycles. The highest BCUT2D eigenvalue weighted by molar-refractivity contribution is 8.03. The molecule has 1 rings (SSSR count). The molecule has 5 heteroatoms. The van der Waals surface area contributed by atoms with Gasteiger partial charge in [0.2, 0.25) is 13.4 Å². The molecule has 0 unspecified atom stereocenters. The summed E-state index contributed by atoms with van der Waals surface area (Å²) < 4.78 is 30.7. The van der Waals surface area contributed by atoms with Gasteiger partial charge in [-0.25, -0.2) is 0 Å². The molecule has 0 heterocycles. The van der Waals surface area contributed by atoms with Crippen LogP contribution < -0.4 is 0 Å². The summed E-state index contributed by atoms with van der Waals surface area (Å²) in [6, 6.07) is 9.02. The molecule has 0 fully saturated rings. The molecule has 1 nitrogen and oxygen atoms in total. The van der Waals surface area contributed by atoms with Gasteiger partial charge in [0.05, 0.1) is 0 Å². The van der Waals surface area contributed by atoms with Crippen LogP contribution in [0, 0.1) is 0 Å². The van der Waals surface area contributed by atoms with Crippen molar-refractivity contribution in [1.82, 2.24) is 0 Å². The van der Waals surface area contributed by atoms with Crippen molar-refractivity contribution in [3.05, 3.63) is 41.5 Å². The highest BCUT2D eigenvalue weighted by Gasteiger charge is 2.21. The van der Waals surface area contributed by atoms with E-state index in [1.165, 1.54) is 0 Å². The molecule has 0 spiro atoms. The second kappa shape index (κ2) is 5.50. The van der Waals surface area contributed by atoms with Crippen molar-refractivity contribution in [2.24, 2.45) is 0 Å². The van der Waals surface area contributed by atoms with Gasteiger partial charge >= 0.3 is 6.08 Å². The van der Waals surface area contributed by atoms with Crippen LogP contribution in [0.25, 0.3) is 0 Å². The second-order valence-corrected chi connectivity index (χ2v) is 9.65. The normalized spacial score (nSPS) is 11.1. The molecule has 0 aliphatic rings. The first-order chi connectivity index (χ1) is 7.38. The molecule has 0 saturated carbocycles. The van der Waals surface area contributed by atoms with Gasteiger partial charge < -0.3 is 4.43 Å². The monoisotopic (exact) mass is 260 g/mol. The van der Waals surface area contributed by atoms with Crippen molar-refractivity contribution < 1.29 is 13.2 Å². The Bertz CT molecular complexity index is 369.